The van der Waals surface area contributed by atoms with E-state index in [4.69, 9.17) is 0 Å². The van der Waals surface area contributed by atoms with Gasteiger partial charge in [-0.25, -0.2) is 9.97 Å². The minimum Gasteiger partial charge on any atom is -0.368 e. The van der Waals surface area contributed by atoms with Gasteiger partial charge in [0.1, 0.15) is 18.2 Å². The van der Waals surface area contributed by atoms with E-state index in [1.807, 2.05) is 11.0 Å². The van der Waals surface area contributed by atoms with Gasteiger partial charge in [-0.1, -0.05) is 0 Å². The van der Waals surface area contributed by atoms with E-state index in [-0.39, 0.29) is 11.6 Å². The summed E-state index contributed by atoms with van der Waals surface area (Å²) in [6, 6.07) is 7.01. The molecule has 2 heterocycles. The highest BCUT2D eigenvalue weighted by atomic mass is 19.4. The summed E-state index contributed by atoms with van der Waals surface area (Å²) in [6.07, 6.45) is -0.577. The van der Waals surface area contributed by atoms with Crippen LogP contribution >= 0.6 is 0 Å². The molecule has 0 amide bonds. The molecule has 0 aliphatic carbocycles. The van der Waals surface area contributed by atoms with Gasteiger partial charge in [-0.2, -0.15) is 18.4 Å². The fraction of sp³-hybridized carbons (Fsp3) is 0.312. The van der Waals surface area contributed by atoms with Crippen LogP contribution in [0.1, 0.15) is 17.5 Å². The summed E-state index contributed by atoms with van der Waals surface area (Å²) in [5.41, 5.74) is -0.248. The Morgan fingerprint density at radius 3 is 2.79 bits per heavy atom. The molecule has 1 atom stereocenters. The molecule has 2 aromatic rings. The third kappa shape index (κ3) is 3.40. The molecule has 1 saturated heterocycles. The summed E-state index contributed by atoms with van der Waals surface area (Å²) < 4.78 is 38.3. The second kappa shape index (κ2) is 6.35. The number of rotatable bonds is 3. The van der Waals surface area contributed by atoms with E-state index in [2.05, 4.69) is 15.3 Å². The van der Waals surface area contributed by atoms with Gasteiger partial charge in [-0.15, -0.1) is 0 Å². The van der Waals surface area contributed by atoms with Crippen LogP contribution in [-0.4, -0.2) is 29.1 Å². The lowest BCUT2D eigenvalue weighted by molar-refractivity contribution is -0.137. The van der Waals surface area contributed by atoms with Gasteiger partial charge in [0.15, 0.2) is 0 Å². The number of hydrogen-bond donors (Lipinski definition) is 1. The minimum atomic E-state index is -4.45. The van der Waals surface area contributed by atoms with Gasteiger partial charge in [0, 0.05) is 25.3 Å². The lowest BCUT2D eigenvalue weighted by Crippen LogP contribution is -2.27. The number of hydrogen-bond acceptors (Lipinski definition) is 5. The molecule has 1 aromatic carbocycles. The molecule has 8 heteroatoms. The fourth-order valence-corrected chi connectivity index (χ4v) is 2.76. The maximum Gasteiger partial charge on any atom is 0.416 e. The van der Waals surface area contributed by atoms with Crippen LogP contribution in [0.2, 0.25) is 0 Å². The Morgan fingerprint density at radius 1 is 1.29 bits per heavy atom. The van der Waals surface area contributed by atoms with Crippen molar-refractivity contribution in [3.8, 4) is 6.07 Å². The summed E-state index contributed by atoms with van der Waals surface area (Å²) in [6.45, 7) is 1.24. The summed E-state index contributed by atoms with van der Waals surface area (Å²) in [5, 5.41) is 12.5. The first-order chi connectivity index (χ1) is 11.5. The van der Waals surface area contributed by atoms with Crippen molar-refractivity contribution >= 4 is 11.5 Å². The van der Waals surface area contributed by atoms with E-state index in [1.54, 1.807) is 12.3 Å². The van der Waals surface area contributed by atoms with Crippen LogP contribution in [0.25, 0.3) is 0 Å². The van der Waals surface area contributed by atoms with Gasteiger partial charge in [0.05, 0.1) is 16.8 Å². The SMILES string of the molecule is N#Cc1cc(C(F)(F)F)ccc1N1CCC(Nc2ccncn2)C1. The van der Waals surface area contributed by atoms with Crippen molar-refractivity contribution in [1.82, 2.24) is 9.97 Å². The van der Waals surface area contributed by atoms with Crippen LogP contribution in [-0.2, 0) is 6.18 Å². The molecule has 24 heavy (non-hydrogen) atoms. The van der Waals surface area contributed by atoms with E-state index in [0.717, 1.165) is 18.6 Å². The van der Waals surface area contributed by atoms with Gasteiger partial charge in [0.2, 0.25) is 0 Å². The summed E-state index contributed by atoms with van der Waals surface area (Å²) in [4.78, 5) is 9.85. The van der Waals surface area contributed by atoms with Crippen molar-refractivity contribution in [1.29, 1.82) is 5.26 Å². The van der Waals surface area contributed by atoms with Crippen LogP contribution in [0.4, 0.5) is 24.7 Å². The number of alkyl halides is 3. The zero-order chi connectivity index (χ0) is 17.2. The molecule has 1 aliphatic heterocycles. The number of nitriles is 1. The second-order valence-electron chi connectivity index (χ2n) is 5.51. The maximum atomic E-state index is 12.8. The molecule has 1 N–H and O–H groups in total. The van der Waals surface area contributed by atoms with Crippen LogP contribution in [0.5, 0.6) is 0 Å². The number of aromatic nitrogens is 2. The Morgan fingerprint density at radius 2 is 2.12 bits per heavy atom. The van der Waals surface area contributed by atoms with E-state index >= 15 is 0 Å². The fourth-order valence-electron chi connectivity index (χ4n) is 2.76. The predicted molar refractivity (Wildman–Crippen MR) is 82.4 cm³/mol. The van der Waals surface area contributed by atoms with Gasteiger partial charge >= 0.3 is 6.18 Å². The number of anilines is 2. The molecule has 0 saturated carbocycles. The zero-order valence-corrected chi connectivity index (χ0v) is 12.6. The lowest BCUT2D eigenvalue weighted by atomic mass is 10.1. The Kier molecular flexibility index (Phi) is 4.25. The quantitative estimate of drug-likeness (QED) is 0.935. The van der Waals surface area contributed by atoms with Gasteiger partial charge < -0.3 is 10.2 Å². The minimum absolute atomic E-state index is 0.0347. The van der Waals surface area contributed by atoms with Crippen molar-refractivity contribution in [3.63, 3.8) is 0 Å². The largest absolute Gasteiger partial charge is 0.416 e. The molecule has 0 bridgehead atoms. The first kappa shape index (κ1) is 16.1. The predicted octanol–water partition coefficient (Wildman–Crippen LogP) is 3.06. The number of halogens is 3. The maximum absolute atomic E-state index is 12.8. The average molecular weight is 333 g/mol. The molecule has 1 unspecified atom stereocenters. The lowest BCUT2D eigenvalue weighted by Gasteiger charge is -2.21. The second-order valence-corrected chi connectivity index (χ2v) is 5.51. The molecule has 3 rings (SSSR count). The van der Waals surface area contributed by atoms with Gasteiger partial charge in [-0.05, 0) is 30.7 Å². The monoisotopic (exact) mass is 333 g/mol. The normalized spacial score (nSPS) is 17.6. The summed E-state index contributed by atoms with van der Waals surface area (Å²) in [5.74, 6) is 0.699. The van der Waals surface area contributed by atoms with Crippen molar-refractivity contribution in [2.75, 3.05) is 23.3 Å². The summed E-state index contributed by atoms with van der Waals surface area (Å²) in [7, 11) is 0. The van der Waals surface area contributed by atoms with Crippen LogP contribution < -0.4 is 10.2 Å². The van der Waals surface area contributed by atoms with Gasteiger partial charge in [-0.3, -0.25) is 0 Å². The Hall–Kier alpha value is -2.82. The van der Waals surface area contributed by atoms with E-state index < -0.39 is 11.7 Å². The van der Waals surface area contributed by atoms with Crippen LogP contribution in [0.3, 0.4) is 0 Å². The van der Waals surface area contributed by atoms with E-state index in [9.17, 15) is 18.4 Å². The highest BCUT2D eigenvalue weighted by Gasteiger charge is 2.32. The van der Waals surface area contributed by atoms with Gasteiger partial charge in [0.25, 0.3) is 0 Å². The Labute approximate surface area is 136 Å². The molecular formula is C16H14F3N5. The molecule has 1 fully saturated rings. The average Bonchev–Trinajstić information content (AvgIpc) is 3.02. The molecular weight excluding hydrogens is 319 g/mol. The number of nitrogens with zero attached hydrogens (tertiary/aromatic N) is 4. The van der Waals surface area contributed by atoms with Crippen molar-refractivity contribution in [2.24, 2.45) is 0 Å². The number of nitrogens with one attached hydrogen (secondary N) is 1. The third-order valence-corrected chi connectivity index (χ3v) is 3.91. The standard InChI is InChI=1S/C16H14F3N5/c17-16(18,19)12-1-2-14(11(7-12)8-20)24-6-4-13(9-24)23-15-3-5-21-10-22-15/h1-3,5,7,10,13H,4,6,9H2,(H,21,22,23). The van der Waals surface area contributed by atoms with E-state index in [0.29, 0.717) is 24.6 Å². The number of benzene rings is 1. The Balaban J connectivity index is 1.75. The molecule has 1 aromatic heterocycles. The molecule has 1 aliphatic rings. The highest BCUT2D eigenvalue weighted by Crippen LogP contribution is 2.33. The zero-order valence-electron chi connectivity index (χ0n) is 12.6. The smallest absolute Gasteiger partial charge is 0.368 e. The van der Waals surface area contributed by atoms with Crippen LogP contribution in [0.15, 0.2) is 36.8 Å². The third-order valence-electron chi connectivity index (χ3n) is 3.91. The highest BCUT2D eigenvalue weighted by molar-refractivity contribution is 5.61. The first-order valence-corrected chi connectivity index (χ1v) is 7.36. The topological polar surface area (TPSA) is 64.8 Å². The van der Waals surface area contributed by atoms with Crippen molar-refractivity contribution in [3.05, 3.63) is 47.9 Å². The van der Waals surface area contributed by atoms with E-state index in [1.165, 1.54) is 12.4 Å². The van der Waals surface area contributed by atoms with Crippen molar-refractivity contribution < 1.29 is 13.2 Å². The molecule has 124 valence electrons. The molecule has 0 radical (unpaired) electrons. The molecule has 0 spiro atoms. The first-order valence-electron chi connectivity index (χ1n) is 7.36. The Bertz CT molecular complexity index is 755. The van der Waals surface area contributed by atoms with Crippen molar-refractivity contribution in [2.45, 2.75) is 18.6 Å². The molecule has 5 nitrogen and oxygen atoms in total. The van der Waals surface area contributed by atoms with Crippen LogP contribution in [0, 0.1) is 11.3 Å². The summed E-state index contributed by atoms with van der Waals surface area (Å²) >= 11 is 0.